The van der Waals surface area contributed by atoms with E-state index in [0.717, 1.165) is 6.54 Å². The van der Waals surface area contributed by atoms with Crippen LogP contribution in [0.2, 0.25) is 0 Å². The summed E-state index contributed by atoms with van der Waals surface area (Å²) in [4.78, 5) is 11.8. The molecule has 0 aromatic rings. The Balaban J connectivity index is 1.89. The maximum absolute atomic E-state index is 11.8. The number of ether oxygens (including phenoxy) is 1. The molecule has 0 unspecified atom stereocenters. The molecular weight excluding hydrogens is 190 g/mol. The molecule has 1 aliphatic carbocycles. The molecule has 2 fully saturated rings. The van der Waals surface area contributed by atoms with Gasteiger partial charge in [-0.2, -0.15) is 0 Å². The molecule has 3 nitrogen and oxygen atoms in total. The highest BCUT2D eigenvalue weighted by molar-refractivity contribution is 5.78. The molecule has 2 rings (SSSR count). The van der Waals surface area contributed by atoms with Gasteiger partial charge in [0.1, 0.15) is 5.60 Å². The van der Waals surface area contributed by atoms with Gasteiger partial charge in [0, 0.05) is 6.04 Å². The lowest BCUT2D eigenvalue weighted by Crippen LogP contribution is -2.28. The van der Waals surface area contributed by atoms with Gasteiger partial charge in [-0.05, 0) is 46.1 Å². The molecule has 1 saturated carbocycles. The molecule has 1 N–H and O–H groups in total. The second-order valence-electron chi connectivity index (χ2n) is 5.70. The van der Waals surface area contributed by atoms with Crippen LogP contribution in [0, 0.1) is 11.8 Å². The Hall–Kier alpha value is -0.570. The van der Waals surface area contributed by atoms with Gasteiger partial charge in [0.2, 0.25) is 0 Å². The van der Waals surface area contributed by atoms with Crippen LogP contribution in [0.25, 0.3) is 0 Å². The number of esters is 1. The summed E-state index contributed by atoms with van der Waals surface area (Å²) in [6.07, 6.45) is 3.67. The molecule has 0 radical (unpaired) electrons. The van der Waals surface area contributed by atoms with Gasteiger partial charge in [-0.3, -0.25) is 4.79 Å². The molecule has 0 amide bonds. The summed E-state index contributed by atoms with van der Waals surface area (Å²) in [6, 6.07) is 0.405. The van der Waals surface area contributed by atoms with E-state index in [1.807, 2.05) is 20.8 Å². The lowest BCUT2D eigenvalue weighted by Gasteiger charge is -2.19. The second-order valence-corrected chi connectivity index (χ2v) is 5.70. The highest BCUT2D eigenvalue weighted by atomic mass is 16.6. The Kier molecular flexibility index (Phi) is 2.75. The van der Waals surface area contributed by atoms with Crippen molar-refractivity contribution in [1.29, 1.82) is 0 Å². The lowest BCUT2D eigenvalue weighted by molar-refractivity contribution is -0.157. The molecule has 3 heteroatoms. The fraction of sp³-hybridized carbons (Fsp3) is 0.917. The Morgan fingerprint density at radius 1 is 1.33 bits per heavy atom. The minimum absolute atomic E-state index is 0.00750. The van der Waals surface area contributed by atoms with Crippen molar-refractivity contribution in [3.8, 4) is 0 Å². The topological polar surface area (TPSA) is 38.3 Å². The first kappa shape index (κ1) is 10.9. The fourth-order valence-corrected chi connectivity index (χ4v) is 2.48. The minimum atomic E-state index is -0.348. The first-order chi connectivity index (χ1) is 6.99. The van der Waals surface area contributed by atoms with E-state index in [2.05, 4.69) is 5.32 Å². The molecule has 0 aromatic carbocycles. The number of nitrogens with one attached hydrogen (secondary N) is 1. The van der Waals surface area contributed by atoms with Gasteiger partial charge in [-0.25, -0.2) is 0 Å². The van der Waals surface area contributed by atoms with Gasteiger partial charge in [0.05, 0.1) is 5.92 Å². The third-order valence-electron chi connectivity index (χ3n) is 3.19. The molecule has 0 aromatic heterocycles. The second kappa shape index (κ2) is 3.78. The zero-order valence-electron chi connectivity index (χ0n) is 9.88. The molecule has 0 spiro atoms. The molecule has 0 bridgehead atoms. The maximum atomic E-state index is 11.8. The molecule has 3 atom stereocenters. The average Bonchev–Trinajstić information content (AvgIpc) is 2.72. The van der Waals surface area contributed by atoms with Crippen LogP contribution < -0.4 is 5.32 Å². The number of hydrogen-bond acceptors (Lipinski definition) is 3. The Morgan fingerprint density at radius 2 is 2.07 bits per heavy atom. The van der Waals surface area contributed by atoms with Crippen LogP contribution in [0.5, 0.6) is 0 Å². The summed E-state index contributed by atoms with van der Waals surface area (Å²) in [6.45, 7) is 6.84. The van der Waals surface area contributed by atoms with Gasteiger partial charge in [-0.15, -0.1) is 0 Å². The summed E-state index contributed by atoms with van der Waals surface area (Å²) in [5.41, 5.74) is -0.348. The smallest absolute Gasteiger partial charge is 0.311 e. The third-order valence-corrected chi connectivity index (χ3v) is 3.19. The van der Waals surface area contributed by atoms with Crippen LogP contribution in [0.3, 0.4) is 0 Å². The highest BCUT2D eigenvalue weighted by Crippen LogP contribution is 2.45. The number of fused-ring (bicyclic) bond motifs is 1. The van der Waals surface area contributed by atoms with Gasteiger partial charge >= 0.3 is 5.97 Å². The zero-order chi connectivity index (χ0) is 11.1. The summed E-state index contributed by atoms with van der Waals surface area (Å²) >= 11 is 0. The van der Waals surface area contributed by atoms with Crippen LogP contribution in [-0.2, 0) is 9.53 Å². The number of rotatable bonds is 1. The van der Waals surface area contributed by atoms with Crippen LogP contribution in [0.1, 0.15) is 40.0 Å². The quantitative estimate of drug-likeness (QED) is 0.671. The summed E-state index contributed by atoms with van der Waals surface area (Å²) < 4.78 is 5.42. The molecule has 2 aliphatic rings. The van der Waals surface area contributed by atoms with E-state index < -0.39 is 0 Å². The van der Waals surface area contributed by atoms with E-state index in [9.17, 15) is 4.79 Å². The van der Waals surface area contributed by atoms with E-state index in [4.69, 9.17) is 4.74 Å². The van der Waals surface area contributed by atoms with Crippen LogP contribution in [-0.4, -0.2) is 24.2 Å². The van der Waals surface area contributed by atoms with Crippen molar-refractivity contribution in [3.05, 3.63) is 0 Å². The predicted octanol–water partition coefficient (Wildman–Crippen LogP) is 1.72. The summed E-state index contributed by atoms with van der Waals surface area (Å²) in [7, 11) is 0. The Labute approximate surface area is 91.6 Å². The van der Waals surface area contributed by atoms with E-state index in [1.165, 1.54) is 19.3 Å². The predicted molar refractivity (Wildman–Crippen MR) is 58.5 cm³/mol. The molecule has 1 aliphatic heterocycles. The fourth-order valence-electron chi connectivity index (χ4n) is 2.48. The Bertz CT molecular complexity index is 245. The third kappa shape index (κ3) is 2.51. The first-order valence-electron chi connectivity index (χ1n) is 5.95. The summed E-state index contributed by atoms with van der Waals surface area (Å²) in [5.74, 6) is 0.666. The molecule has 1 saturated heterocycles. The zero-order valence-corrected chi connectivity index (χ0v) is 9.88. The molecule has 86 valence electrons. The highest BCUT2D eigenvalue weighted by Gasteiger charge is 2.55. The number of hydrogen-bond donors (Lipinski definition) is 1. The van der Waals surface area contributed by atoms with Crippen molar-refractivity contribution in [1.82, 2.24) is 5.32 Å². The van der Waals surface area contributed by atoms with Gasteiger partial charge in [0.15, 0.2) is 0 Å². The van der Waals surface area contributed by atoms with Gasteiger partial charge < -0.3 is 10.1 Å². The first-order valence-corrected chi connectivity index (χ1v) is 5.95. The number of carbonyl (C=O) groups excluding carboxylic acids is 1. The Morgan fingerprint density at radius 3 is 2.73 bits per heavy atom. The lowest BCUT2D eigenvalue weighted by atomic mass is 10.1. The van der Waals surface area contributed by atoms with Gasteiger partial charge in [-0.1, -0.05) is 6.42 Å². The SMILES string of the molecule is CC(C)(C)OC(=O)[C@H]1[C@@H]2CCCCN[C@@H]21. The van der Waals surface area contributed by atoms with Crippen LogP contribution >= 0.6 is 0 Å². The van der Waals surface area contributed by atoms with Gasteiger partial charge in [0.25, 0.3) is 0 Å². The van der Waals surface area contributed by atoms with Crippen molar-refractivity contribution in [2.24, 2.45) is 11.8 Å². The van der Waals surface area contributed by atoms with E-state index in [1.54, 1.807) is 0 Å². The van der Waals surface area contributed by atoms with Crippen LogP contribution in [0.4, 0.5) is 0 Å². The minimum Gasteiger partial charge on any atom is -0.460 e. The van der Waals surface area contributed by atoms with Crippen LogP contribution in [0.15, 0.2) is 0 Å². The maximum Gasteiger partial charge on any atom is 0.311 e. The molecule has 1 heterocycles. The largest absolute Gasteiger partial charge is 0.460 e. The summed E-state index contributed by atoms with van der Waals surface area (Å²) in [5, 5.41) is 3.43. The molecule has 15 heavy (non-hydrogen) atoms. The van der Waals surface area contributed by atoms with Crippen molar-refractivity contribution in [2.75, 3.05) is 6.54 Å². The number of carbonyl (C=O) groups is 1. The van der Waals surface area contributed by atoms with E-state index in [-0.39, 0.29) is 17.5 Å². The monoisotopic (exact) mass is 211 g/mol. The van der Waals surface area contributed by atoms with Crippen molar-refractivity contribution in [2.45, 2.75) is 51.7 Å². The van der Waals surface area contributed by atoms with Crippen molar-refractivity contribution >= 4 is 5.97 Å². The normalized spacial score (nSPS) is 35.3. The van der Waals surface area contributed by atoms with E-state index in [0.29, 0.717) is 12.0 Å². The van der Waals surface area contributed by atoms with Crippen molar-refractivity contribution < 1.29 is 9.53 Å². The standard InChI is InChI=1S/C12H21NO2/c1-12(2,3)15-11(14)9-8-6-4-5-7-13-10(8)9/h8-10,13H,4-7H2,1-3H3/t8-,9-,10-/m0/s1. The van der Waals surface area contributed by atoms with E-state index >= 15 is 0 Å². The average molecular weight is 211 g/mol. The molecular formula is C12H21NO2. The van der Waals surface area contributed by atoms with Crippen molar-refractivity contribution in [3.63, 3.8) is 0 Å².